The zero-order valence-corrected chi connectivity index (χ0v) is 12.6. The summed E-state index contributed by atoms with van der Waals surface area (Å²) in [7, 11) is 0. The minimum atomic E-state index is -1.36. The van der Waals surface area contributed by atoms with Crippen molar-refractivity contribution in [3.05, 3.63) is 70.2 Å². The van der Waals surface area contributed by atoms with Crippen LogP contribution in [0.1, 0.15) is 18.1 Å². The van der Waals surface area contributed by atoms with Crippen LogP contribution < -0.4 is 0 Å². The van der Waals surface area contributed by atoms with Gasteiger partial charge >= 0.3 is 5.97 Å². The summed E-state index contributed by atoms with van der Waals surface area (Å²) in [6.45, 7) is 1.82. The number of carboxylic acid groups (broad SMARTS) is 1. The molecule has 3 nitrogen and oxygen atoms in total. The van der Waals surface area contributed by atoms with E-state index in [1.54, 1.807) is 19.1 Å². The van der Waals surface area contributed by atoms with E-state index in [9.17, 15) is 9.90 Å². The molecule has 0 bridgehead atoms. The molecule has 0 aliphatic carbocycles. The molecule has 0 saturated heterocycles. The molecule has 0 aromatic heterocycles. The minimum absolute atomic E-state index is 0.250. The van der Waals surface area contributed by atoms with E-state index < -0.39 is 11.6 Å². The van der Waals surface area contributed by atoms with Gasteiger partial charge in [-0.05, 0) is 30.2 Å². The molecule has 0 saturated carbocycles. The van der Waals surface area contributed by atoms with Crippen LogP contribution in [0.5, 0.6) is 0 Å². The summed E-state index contributed by atoms with van der Waals surface area (Å²) in [4.78, 5) is 11.6. The van der Waals surface area contributed by atoms with Gasteiger partial charge in [0.2, 0.25) is 0 Å². The van der Waals surface area contributed by atoms with E-state index >= 15 is 0 Å². The van der Waals surface area contributed by atoms with E-state index in [2.05, 4.69) is 15.9 Å². The van der Waals surface area contributed by atoms with Crippen LogP contribution in [0.2, 0.25) is 0 Å². The normalized spacial score (nSPS) is 13.7. The van der Waals surface area contributed by atoms with Gasteiger partial charge in [0.1, 0.15) is 0 Å². The van der Waals surface area contributed by atoms with Crippen molar-refractivity contribution in [2.75, 3.05) is 0 Å². The first-order valence-electron chi connectivity index (χ1n) is 6.20. The summed E-state index contributed by atoms with van der Waals surface area (Å²) in [6.07, 6.45) is 0. The van der Waals surface area contributed by atoms with Crippen LogP contribution in [-0.4, -0.2) is 11.1 Å². The van der Waals surface area contributed by atoms with Gasteiger partial charge in [-0.3, -0.25) is 0 Å². The number of carboxylic acids is 1. The quantitative estimate of drug-likeness (QED) is 0.899. The van der Waals surface area contributed by atoms with Crippen LogP contribution in [0.15, 0.2) is 59.1 Å². The number of hydrogen-bond donors (Lipinski definition) is 1. The molecular formula is C16H15BrO3. The largest absolute Gasteiger partial charge is 0.479 e. The number of halogens is 1. The van der Waals surface area contributed by atoms with Gasteiger partial charge < -0.3 is 9.84 Å². The van der Waals surface area contributed by atoms with Crippen molar-refractivity contribution >= 4 is 21.9 Å². The van der Waals surface area contributed by atoms with Crippen LogP contribution in [0, 0.1) is 0 Å². The number of rotatable bonds is 5. The average Bonchev–Trinajstić information content (AvgIpc) is 2.46. The number of ether oxygens (including phenoxy) is 1. The number of aliphatic carboxylic acids is 1. The molecule has 104 valence electrons. The van der Waals surface area contributed by atoms with Crippen LogP contribution in [0.3, 0.4) is 0 Å². The first-order chi connectivity index (χ1) is 9.52. The second kappa shape index (κ2) is 6.20. The SMILES string of the molecule is CC(OCc1ccccc1)(C(=O)O)c1ccc(Br)cc1. The molecule has 2 aromatic carbocycles. The van der Waals surface area contributed by atoms with Gasteiger partial charge in [-0.25, -0.2) is 4.79 Å². The Labute approximate surface area is 126 Å². The average molecular weight is 335 g/mol. The van der Waals surface area contributed by atoms with Crippen molar-refractivity contribution in [2.45, 2.75) is 19.1 Å². The van der Waals surface area contributed by atoms with Gasteiger partial charge in [0.25, 0.3) is 0 Å². The zero-order chi connectivity index (χ0) is 14.6. The highest BCUT2D eigenvalue weighted by atomic mass is 79.9. The van der Waals surface area contributed by atoms with Gasteiger partial charge in [-0.1, -0.05) is 58.4 Å². The van der Waals surface area contributed by atoms with Crippen LogP contribution in [0.4, 0.5) is 0 Å². The van der Waals surface area contributed by atoms with Gasteiger partial charge in [0.15, 0.2) is 5.60 Å². The fourth-order valence-electron chi connectivity index (χ4n) is 1.84. The standard InChI is InChI=1S/C16H15BrO3/c1-16(15(18)19,13-7-9-14(17)10-8-13)20-11-12-5-3-2-4-6-12/h2-10H,11H2,1H3,(H,18,19). The molecule has 1 N–H and O–H groups in total. The van der Waals surface area contributed by atoms with E-state index in [4.69, 9.17) is 4.74 Å². The molecule has 0 fully saturated rings. The van der Waals surface area contributed by atoms with Crippen molar-refractivity contribution in [3.63, 3.8) is 0 Å². The maximum absolute atomic E-state index is 11.6. The Morgan fingerprint density at radius 2 is 1.75 bits per heavy atom. The fraction of sp³-hybridized carbons (Fsp3) is 0.188. The van der Waals surface area contributed by atoms with Crippen molar-refractivity contribution in [3.8, 4) is 0 Å². The molecule has 1 atom stereocenters. The second-order valence-corrected chi connectivity index (χ2v) is 5.54. The lowest BCUT2D eigenvalue weighted by molar-refractivity contribution is -0.167. The van der Waals surface area contributed by atoms with E-state index in [0.717, 1.165) is 10.0 Å². The lowest BCUT2D eigenvalue weighted by Gasteiger charge is -2.26. The Bertz CT molecular complexity index is 580. The van der Waals surface area contributed by atoms with E-state index in [1.807, 2.05) is 42.5 Å². The molecule has 0 radical (unpaired) electrons. The van der Waals surface area contributed by atoms with Crippen molar-refractivity contribution < 1.29 is 14.6 Å². The first-order valence-corrected chi connectivity index (χ1v) is 6.99. The zero-order valence-electron chi connectivity index (χ0n) is 11.0. The van der Waals surface area contributed by atoms with Crippen LogP contribution in [-0.2, 0) is 21.7 Å². The topological polar surface area (TPSA) is 46.5 Å². The van der Waals surface area contributed by atoms with E-state index in [0.29, 0.717) is 5.56 Å². The van der Waals surface area contributed by atoms with Gasteiger partial charge in [0, 0.05) is 4.47 Å². The monoisotopic (exact) mass is 334 g/mol. The van der Waals surface area contributed by atoms with Crippen LogP contribution in [0.25, 0.3) is 0 Å². The molecule has 0 heterocycles. The van der Waals surface area contributed by atoms with Crippen molar-refractivity contribution in [2.24, 2.45) is 0 Å². The van der Waals surface area contributed by atoms with Gasteiger partial charge in [-0.15, -0.1) is 0 Å². The van der Waals surface area contributed by atoms with Gasteiger partial charge in [0.05, 0.1) is 6.61 Å². The summed E-state index contributed by atoms with van der Waals surface area (Å²) in [5.74, 6) is -1.00. The van der Waals surface area contributed by atoms with E-state index in [1.165, 1.54) is 0 Å². The number of benzene rings is 2. The Balaban J connectivity index is 2.21. The highest BCUT2D eigenvalue weighted by Crippen LogP contribution is 2.28. The number of hydrogen-bond acceptors (Lipinski definition) is 2. The molecule has 2 aromatic rings. The fourth-order valence-corrected chi connectivity index (χ4v) is 2.10. The molecule has 0 amide bonds. The predicted molar refractivity (Wildman–Crippen MR) is 80.4 cm³/mol. The van der Waals surface area contributed by atoms with Crippen molar-refractivity contribution in [1.82, 2.24) is 0 Å². The molecule has 0 aliphatic rings. The highest BCUT2D eigenvalue weighted by molar-refractivity contribution is 9.10. The third-order valence-electron chi connectivity index (χ3n) is 3.17. The molecule has 0 aliphatic heterocycles. The Hall–Kier alpha value is -1.65. The Morgan fingerprint density at radius 3 is 2.30 bits per heavy atom. The smallest absolute Gasteiger partial charge is 0.340 e. The summed E-state index contributed by atoms with van der Waals surface area (Å²) in [5.41, 5.74) is 0.192. The maximum Gasteiger partial charge on any atom is 0.340 e. The first kappa shape index (κ1) is 14.8. The lowest BCUT2D eigenvalue weighted by Crippen LogP contribution is -2.35. The predicted octanol–water partition coefficient (Wildman–Crippen LogP) is 3.97. The second-order valence-electron chi connectivity index (χ2n) is 4.62. The lowest BCUT2D eigenvalue weighted by atomic mass is 9.96. The minimum Gasteiger partial charge on any atom is -0.479 e. The van der Waals surface area contributed by atoms with Crippen molar-refractivity contribution in [1.29, 1.82) is 0 Å². The van der Waals surface area contributed by atoms with Crippen LogP contribution >= 0.6 is 15.9 Å². The Morgan fingerprint density at radius 1 is 1.15 bits per heavy atom. The molecule has 20 heavy (non-hydrogen) atoms. The molecule has 0 spiro atoms. The number of carbonyl (C=O) groups is 1. The summed E-state index contributed by atoms with van der Waals surface area (Å²) in [5, 5.41) is 9.50. The summed E-state index contributed by atoms with van der Waals surface area (Å²) >= 11 is 3.34. The summed E-state index contributed by atoms with van der Waals surface area (Å²) < 4.78 is 6.59. The molecular weight excluding hydrogens is 320 g/mol. The molecule has 2 rings (SSSR count). The highest BCUT2D eigenvalue weighted by Gasteiger charge is 2.36. The molecule has 4 heteroatoms. The third-order valence-corrected chi connectivity index (χ3v) is 3.70. The Kier molecular flexibility index (Phi) is 4.57. The molecule has 1 unspecified atom stereocenters. The van der Waals surface area contributed by atoms with Gasteiger partial charge in [-0.2, -0.15) is 0 Å². The van der Waals surface area contributed by atoms with E-state index in [-0.39, 0.29) is 6.61 Å². The summed E-state index contributed by atoms with van der Waals surface area (Å²) in [6, 6.07) is 16.6. The third kappa shape index (κ3) is 3.26. The maximum atomic E-state index is 11.6.